The Morgan fingerprint density at radius 3 is 2.41 bits per heavy atom. The van der Waals surface area contributed by atoms with Crippen LogP contribution in [-0.2, 0) is 11.0 Å². The lowest BCUT2D eigenvalue weighted by atomic mass is 9.93. The Morgan fingerprint density at radius 1 is 1.07 bits per heavy atom. The Labute approximate surface area is 235 Å². The largest absolute Gasteiger partial charge is 0.493 e. The summed E-state index contributed by atoms with van der Waals surface area (Å²) < 4.78 is 63.7. The van der Waals surface area contributed by atoms with Gasteiger partial charge < -0.3 is 31.4 Å². The monoisotopic (exact) mass is 591 g/mol. The molecule has 0 bridgehead atoms. The summed E-state index contributed by atoms with van der Waals surface area (Å²) in [5.41, 5.74) is 10.6. The summed E-state index contributed by atoms with van der Waals surface area (Å²) in [5.74, 6) is -2.72. The highest BCUT2D eigenvalue weighted by Crippen LogP contribution is 2.42. The van der Waals surface area contributed by atoms with Crippen molar-refractivity contribution in [2.75, 3.05) is 6.61 Å². The van der Waals surface area contributed by atoms with Crippen molar-refractivity contribution in [2.24, 2.45) is 11.5 Å². The fourth-order valence-electron chi connectivity index (χ4n) is 3.97. The van der Waals surface area contributed by atoms with Gasteiger partial charge in [-0.25, -0.2) is 4.39 Å². The lowest BCUT2D eigenvalue weighted by molar-refractivity contribution is -0.139. The average molecular weight is 592 g/mol. The second-order valence-electron chi connectivity index (χ2n) is 8.87. The van der Waals surface area contributed by atoms with Crippen LogP contribution in [0.4, 0.5) is 17.6 Å². The van der Waals surface area contributed by atoms with Crippen LogP contribution in [0.25, 0.3) is 5.70 Å². The van der Waals surface area contributed by atoms with E-state index in [4.69, 9.17) is 32.5 Å². The molecular weight excluding hydrogens is 570 g/mol. The Hall–Kier alpha value is -4.71. The van der Waals surface area contributed by atoms with Crippen LogP contribution < -0.4 is 26.3 Å². The highest BCUT2D eigenvalue weighted by molar-refractivity contribution is 6.32. The van der Waals surface area contributed by atoms with Gasteiger partial charge in [-0.05, 0) is 67.1 Å². The number of alkyl halides is 3. The van der Waals surface area contributed by atoms with Gasteiger partial charge in [0.2, 0.25) is 0 Å². The first-order valence-corrected chi connectivity index (χ1v) is 12.3. The van der Waals surface area contributed by atoms with Crippen molar-refractivity contribution in [3.05, 3.63) is 106 Å². The number of carboxylic acid groups (broad SMARTS) is 1. The Bertz CT molecular complexity index is 1560. The van der Waals surface area contributed by atoms with Crippen LogP contribution in [-0.4, -0.2) is 23.6 Å². The number of carbonyl (C=O) groups is 2. The van der Waals surface area contributed by atoms with E-state index in [0.717, 1.165) is 18.2 Å². The molecule has 3 aromatic carbocycles. The Balaban J connectivity index is 1.41. The third-order valence-corrected chi connectivity index (χ3v) is 6.35. The molecule has 1 amide bonds. The van der Waals surface area contributed by atoms with E-state index < -0.39 is 35.4 Å². The minimum absolute atomic E-state index is 0.161. The molecule has 0 spiro atoms. The number of rotatable bonds is 7. The summed E-state index contributed by atoms with van der Waals surface area (Å²) in [4.78, 5) is 24.1. The molecule has 4 rings (SSSR count). The van der Waals surface area contributed by atoms with Crippen LogP contribution in [0.15, 0.2) is 72.6 Å². The number of nitrogens with two attached hydrogens (primary N) is 2. The number of carboxylic acids is 1. The first kappa shape index (κ1) is 29.3. The molecule has 0 saturated carbocycles. The van der Waals surface area contributed by atoms with Crippen LogP contribution in [0.2, 0.25) is 5.02 Å². The predicted octanol–water partition coefficient (Wildman–Crippen LogP) is 5.77. The number of aliphatic carboxylic acids is 1. The van der Waals surface area contributed by atoms with E-state index in [1.54, 1.807) is 0 Å². The third kappa shape index (κ3) is 6.90. The molecule has 214 valence electrons. The van der Waals surface area contributed by atoms with E-state index in [1.807, 2.05) is 0 Å². The number of hydrogen-bond donors (Lipinski definition) is 4. The number of hydrogen-bond acceptors (Lipinski definition) is 6. The highest BCUT2D eigenvalue weighted by Gasteiger charge is 2.31. The molecule has 0 fully saturated rings. The zero-order valence-corrected chi connectivity index (χ0v) is 21.7. The average Bonchev–Trinajstić information content (AvgIpc) is 2.91. The van der Waals surface area contributed by atoms with Crippen molar-refractivity contribution in [3.8, 4) is 17.2 Å². The number of amides is 1. The number of carbonyl (C=O) groups excluding carboxylic acids is 1. The van der Waals surface area contributed by atoms with Gasteiger partial charge in [0, 0.05) is 28.5 Å². The van der Waals surface area contributed by atoms with E-state index in [9.17, 15) is 32.3 Å². The molecule has 1 aliphatic heterocycles. The fraction of sp³-hybridized carbons (Fsp3) is 0.143. The van der Waals surface area contributed by atoms with Gasteiger partial charge in [-0.2, -0.15) is 13.2 Å². The molecule has 8 nitrogen and oxygen atoms in total. The molecule has 3 aromatic rings. The number of nitrogens with one attached hydrogen (secondary N) is 1. The maximum atomic E-state index is 14.1. The standard InChI is InChI=1S/C28H22ClF4N3O5/c29-20-12-19-17(27(38)39)9-10-40-23(19)13-24(20)41-16-4-1-14(2-5-16)26(37)36-25(35)8-7-22(34)18-6-3-15(11-21(18)30)28(31,32)33/h1-8,11-13,17H,9-10,34-35H2,(H,36,37)(H,38,39)/b22-7-,25-8+. The molecule has 1 atom stereocenters. The van der Waals surface area contributed by atoms with Crippen LogP contribution >= 0.6 is 11.6 Å². The van der Waals surface area contributed by atoms with E-state index in [0.29, 0.717) is 35.6 Å². The minimum atomic E-state index is -4.70. The van der Waals surface area contributed by atoms with Gasteiger partial charge in [-0.3, -0.25) is 9.59 Å². The van der Waals surface area contributed by atoms with Crippen molar-refractivity contribution in [1.82, 2.24) is 5.32 Å². The van der Waals surface area contributed by atoms with E-state index in [-0.39, 0.29) is 40.0 Å². The van der Waals surface area contributed by atoms with E-state index in [2.05, 4.69) is 5.32 Å². The first-order valence-electron chi connectivity index (χ1n) is 11.9. The fourth-order valence-corrected chi connectivity index (χ4v) is 4.18. The van der Waals surface area contributed by atoms with Gasteiger partial charge in [0.05, 0.1) is 23.1 Å². The molecule has 6 N–H and O–H groups in total. The summed E-state index contributed by atoms with van der Waals surface area (Å²) >= 11 is 6.31. The molecule has 0 saturated heterocycles. The topological polar surface area (TPSA) is 137 Å². The van der Waals surface area contributed by atoms with Crippen molar-refractivity contribution in [1.29, 1.82) is 0 Å². The van der Waals surface area contributed by atoms with Crippen molar-refractivity contribution < 1.29 is 41.7 Å². The van der Waals surface area contributed by atoms with Gasteiger partial charge in [0.15, 0.2) is 0 Å². The lowest BCUT2D eigenvalue weighted by Crippen LogP contribution is -2.27. The second kappa shape index (κ2) is 11.8. The van der Waals surface area contributed by atoms with Crippen molar-refractivity contribution in [3.63, 3.8) is 0 Å². The van der Waals surface area contributed by atoms with Crippen molar-refractivity contribution in [2.45, 2.75) is 18.5 Å². The number of ether oxygens (including phenoxy) is 2. The first-order chi connectivity index (χ1) is 19.3. The van der Waals surface area contributed by atoms with Gasteiger partial charge in [0.25, 0.3) is 5.91 Å². The van der Waals surface area contributed by atoms with Gasteiger partial charge in [-0.15, -0.1) is 0 Å². The lowest BCUT2D eigenvalue weighted by Gasteiger charge is -2.24. The molecular formula is C28H22ClF4N3O5. The van der Waals surface area contributed by atoms with Gasteiger partial charge >= 0.3 is 12.1 Å². The predicted molar refractivity (Wildman–Crippen MR) is 142 cm³/mol. The molecule has 0 aromatic heterocycles. The maximum Gasteiger partial charge on any atom is 0.416 e. The van der Waals surface area contributed by atoms with Gasteiger partial charge in [-0.1, -0.05) is 11.6 Å². The number of benzene rings is 3. The van der Waals surface area contributed by atoms with Crippen LogP contribution in [0.5, 0.6) is 17.2 Å². The molecule has 1 unspecified atom stereocenters. The van der Waals surface area contributed by atoms with E-state index in [1.165, 1.54) is 36.4 Å². The number of fused-ring (bicyclic) bond motifs is 1. The smallest absolute Gasteiger partial charge is 0.416 e. The molecule has 1 heterocycles. The Morgan fingerprint density at radius 2 is 1.78 bits per heavy atom. The summed E-state index contributed by atoms with van der Waals surface area (Å²) in [6.45, 7) is 0.237. The van der Waals surface area contributed by atoms with Crippen LogP contribution in [0, 0.1) is 5.82 Å². The summed E-state index contributed by atoms with van der Waals surface area (Å²) in [5, 5.41) is 12.0. The normalized spacial score (nSPS) is 15.5. The third-order valence-electron chi connectivity index (χ3n) is 6.05. The summed E-state index contributed by atoms with van der Waals surface area (Å²) in [6.07, 6.45) is -2.07. The quantitative estimate of drug-likeness (QED) is 0.202. The molecule has 13 heteroatoms. The van der Waals surface area contributed by atoms with Crippen LogP contribution in [0.3, 0.4) is 0 Å². The Kier molecular flexibility index (Phi) is 8.43. The zero-order chi connectivity index (χ0) is 29.9. The zero-order valence-electron chi connectivity index (χ0n) is 21.0. The number of allylic oxidation sites excluding steroid dienone is 2. The van der Waals surface area contributed by atoms with Crippen molar-refractivity contribution >= 4 is 29.2 Å². The molecule has 0 radical (unpaired) electrons. The molecule has 0 aliphatic carbocycles. The SMILES string of the molecule is N/C(=C\C=C(/N)NC(=O)c1ccc(Oc2cc3c(cc2Cl)C(C(=O)O)CCO3)cc1)c1ccc(C(F)(F)F)cc1F. The van der Waals surface area contributed by atoms with E-state index >= 15 is 0 Å². The summed E-state index contributed by atoms with van der Waals surface area (Å²) in [6, 6.07) is 10.8. The highest BCUT2D eigenvalue weighted by atomic mass is 35.5. The maximum absolute atomic E-state index is 14.1. The molecule has 1 aliphatic rings. The minimum Gasteiger partial charge on any atom is -0.493 e. The number of halogens is 5. The second-order valence-corrected chi connectivity index (χ2v) is 9.27. The van der Waals surface area contributed by atoms with Gasteiger partial charge in [0.1, 0.15) is 28.9 Å². The van der Waals surface area contributed by atoms with Crippen LogP contribution in [0.1, 0.15) is 39.4 Å². The molecule has 41 heavy (non-hydrogen) atoms. The summed E-state index contributed by atoms with van der Waals surface area (Å²) in [7, 11) is 0.